The molecule has 55 heavy (non-hydrogen) atoms. The van der Waals surface area contributed by atoms with Crippen LogP contribution in [-0.4, -0.2) is 66.2 Å². The van der Waals surface area contributed by atoms with Gasteiger partial charge in [0.25, 0.3) is 5.91 Å². The molecule has 1 saturated carbocycles. The number of alkyl halides is 3. The van der Waals surface area contributed by atoms with Gasteiger partial charge in [-0.2, -0.15) is 18.3 Å². The van der Waals surface area contributed by atoms with Gasteiger partial charge in [-0.1, -0.05) is 18.2 Å². The Morgan fingerprint density at radius 2 is 1.71 bits per heavy atom. The van der Waals surface area contributed by atoms with Gasteiger partial charge in [0.2, 0.25) is 11.8 Å². The lowest BCUT2D eigenvalue weighted by Gasteiger charge is -2.37. The average molecular weight is 757 g/mol. The molecule has 0 bridgehead atoms. The predicted octanol–water partition coefficient (Wildman–Crippen LogP) is 6.25. The summed E-state index contributed by atoms with van der Waals surface area (Å²) in [6.07, 6.45) is 3.98. The summed E-state index contributed by atoms with van der Waals surface area (Å²) < 4.78 is 44.6. The van der Waals surface area contributed by atoms with Crippen molar-refractivity contribution in [3.05, 3.63) is 87.7 Å². The molecule has 2 N–H and O–H groups in total. The number of hydrogen-bond acceptors (Lipinski definition) is 7. The summed E-state index contributed by atoms with van der Waals surface area (Å²) in [5.41, 5.74) is 3.10. The molecule has 0 radical (unpaired) electrons. The third-order valence-electron chi connectivity index (χ3n) is 11.8. The van der Waals surface area contributed by atoms with Crippen LogP contribution in [0.4, 0.5) is 18.9 Å². The van der Waals surface area contributed by atoms with E-state index >= 15 is 0 Å². The fourth-order valence-corrected chi connectivity index (χ4v) is 8.83. The molecule has 5 heterocycles. The molecule has 1 atom stereocenters. The Kier molecular flexibility index (Phi) is 9.60. The minimum Gasteiger partial charge on any atom is -0.320 e. The van der Waals surface area contributed by atoms with E-state index < -0.39 is 29.7 Å². The quantitative estimate of drug-likeness (QED) is 0.188. The number of halogens is 3. The second-order valence-corrected chi connectivity index (χ2v) is 15.3. The molecular formula is C40H43F3N8O4. The van der Waals surface area contributed by atoms with E-state index in [0.29, 0.717) is 23.9 Å². The van der Waals surface area contributed by atoms with Gasteiger partial charge in [-0.3, -0.25) is 33.5 Å². The number of hydrogen-bond donors (Lipinski definition) is 2. The number of likely N-dealkylation sites (tertiary alicyclic amines) is 1. The topological polar surface area (TPSA) is 136 Å². The highest BCUT2D eigenvalue weighted by atomic mass is 19.4. The van der Waals surface area contributed by atoms with Crippen LogP contribution in [0.15, 0.2) is 59.5 Å². The SMILES string of the molecule is Cc1cc2nn(C3CCC(CN4CCC(c5cccc6c5n(C)c(=O)n6[C@H]5CCC(=O)NC5=O)CC4)CC3)cc2cc1NC(=O)c1cccc(C(F)(F)F)n1. The highest BCUT2D eigenvalue weighted by Crippen LogP contribution is 2.37. The van der Waals surface area contributed by atoms with E-state index in [2.05, 4.69) is 26.6 Å². The fourth-order valence-electron chi connectivity index (χ4n) is 8.83. The van der Waals surface area contributed by atoms with Gasteiger partial charge in [0.05, 0.1) is 22.6 Å². The second-order valence-electron chi connectivity index (χ2n) is 15.3. The number of imide groups is 1. The summed E-state index contributed by atoms with van der Waals surface area (Å²) in [6.45, 7) is 4.80. The molecule has 0 unspecified atom stereocenters. The Balaban J connectivity index is 0.868. The minimum absolute atomic E-state index is 0.208. The Morgan fingerprint density at radius 1 is 0.964 bits per heavy atom. The number of para-hydroxylation sites is 1. The van der Waals surface area contributed by atoms with Crippen LogP contribution in [0.25, 0.3) is 21.9 Å². The van der Waals surface area contributed by atoms with Crippen molar-refractivity contribution in [1.29, 1.82) is 0 Å². The summed E-state index contributed by atoms with van der Waals surface area (Å²) in [6, 6.07) is 12.5. The molecular weight excluding hydrogens is 713 g/mol. The van der Waals surface area contributed by atoms with E-state index in [4.69, 9.17) is 5.10 Å². The lowest BCUT2D eigenvalue weighted by molar-refractivity contribution is -0.141. The highest BCUT2D eigenvalue weighted by molar-refractivity contribution is 6.04. The standard InChI is InChI=1S/C40H43F3N8O4/c1-23-19-31-26(20-30(23)45-37(53)29-6-4-8-34(44-29)40(41,42)43)22-50(47-31)27-11-9-24(10-12-27)21-49-17-15-25(16-18-49)28-5-3-7-32-36(28)48(2)39(55)51(32)33-13-14-35(52)46-38(33)54/h3-8,19-20,22,24-25,27,33H,9-18,21H2,1-2H3,(H,45,53)(H,46,52,54)/t24?,27?,33-/m0/s1. The predicted molar refractivity (Wildman–Crippen MR) is 200 cm³/mol. The summed E-state index contributed by atoms with van der Waals surface area (Å²) in [5.74, 6) is -0.572. The monoisotopic (exact) mass is 756 g/mol. The smallest absolute Gasteiger partial charge is 0.320 e. The van der Waals surface area contributed by atoms with Gasteiger partial charge in [-0.25, -0.2) is 9.78 Å². The van der Waals surface area contributed by atoms with Gasteiger partial charge in [-0.15, -0.1) is 0 Å². The summed E-state index contributed by atoms with van der Waals surface area (Å²) in [4.78, 5) is 56.8. The Morgan fingerprint density at radius 3 is 2.44 bits per heavy atom. The van der Waals surface area contributed by atoms with Crippen molar-refractivity contribution < 1.29 is 27.6 Å². The van der Waals surface area contributed by atoms with E-state index in [1.54, 1.807) is 16.2 Å². The van der Waals surface area contributed by atoms with Gasteiger partial charge in [0.1, 0.15) is 17.4 Å². The first-order valence-corrected chi connectivity index (χ1v) is 18.9. The number of carbonyl (C=O) groups excluding carboxylic acids is 3. The van der Waals surface area contributed by atoms with Crippen LogP contribution in [0.2, 0.25) is 0 Å². The Bertz CT molecular complexity index is 2360. The number of piperidine rings is 2. The lowest BCUT2D eigenvalue weighted by atomic mass is 9.84. The first kappa shape index (κ1) is 36.7. The van der Waals surface area contributed by atoms with Crippen molar-refractivity contribution in [1.82, 2.24) is 34.1 Å². The summed E-state index contributed by atoms with van der Waals surface area (Å²) in [7, 11) is 1.76. The minimum atomic E-state index is -4.64. The summed E-state index contributed by atoms with van der Waals surface area (Å²) in [5, 5.41) is 10.8. The molecule has 3 aromatic heterocycles. The Labute approximate surface area is 314 Å². The fraction of sp³-hybridized carbons (Fsp3) is 0.450. The second kappa shape index (κ2) is 14.4. The maximum atomic E-state index is 13.4. The maximum Gasteiger partial charge on any atom is 0.433 e. The number of fused-ring (bicyclic) bond motifs is 2. The number of imidazole rings is 1. The first-order chi connectivity index (χ1) is 26.3. The van der Waals surface area contributed by atoms with Gasteiger partial charge in [0.15, 0.2) is 0 Å². The van der Waals surface area contributed by atoms with Crippen molar-refractivity contribution in [2.45, 2.75) is 82.5 Å². The van der Waals surface area contributed by atoms with Crippen molar-refractivity contribution in [2.75, 3.05) is 25.0 Å². The van der Waals surface area contributed by atoms with E-state index in [1.807, 2.05) is 42.1 Å². The zero-order valence-electron chi connectivity index (χ0n) is 30.7. The maximum absolute atomic E-state index is 13.4. The van der Waals surface area contributed by atoms with Crippen LogP contribution >= 0.6 is 0 Å². The van der Waals surface area contributed by atoms with Gasteiger partial charge >= 0.3 is 11.9 Å². The number of pyridine rings is 1. The normalized spacial score (nSPS) is 21.7. The van der Waals surface area contributed by atoms with Gasteiger partial charge in [-0.05, 0) is 118 Å². The van der Waals surface area contributed by atoms with Crippen LogP contribution in [0.3, 0.4) is 0 Å². The number of nitrogens with one attached hydrogen (secondary N) is 2. The van der Waals surface area contributed by atoms with Crippen molar-refractivity contribution in [3.8, 4) is 0 Å². The zero-order chi connectivity index (χ0) is 38.6. The zero-order valence-corrected chi connectivity index (χ0v) is 30.7. The van der Waals surface area contributed by atoms with Crippen molar-refractivity contribution >= 4 is 45.3 Å². The van der Waals surface area contributed by atoms with E-state index in [0.717, 1.165) is 97.3 Å². The van der Waals surface area contributed by atoms with Gasteiger partial charge < -0.3 is 10.2 Å². The molecule has 8 rings (SSSR count). The van der Waals surface area contributed by atoms with Crippen molar-refractivity contribution in [3.63, 3.8) is 0 Å². The number of amides is 3. The largest absolute Gasteiger partial charge is 0.433 e. The molecule has 12 nitrogen and oxygen atoms in total. The van der Waals surface area contributed by atoms with Crippen LogP contribution in [0.5, 0.6) is 0 Å². The molecule has 288 valence electrons. The highest BCUT2D eigenvalue weighted by Gasteiger charge is 2.34. The van der Waals surface area contributed by atoms with Crippen LogP contribution < -0.4 is 16.3 Å². The molecule has 3 amide bonds. The van der Waals surface area contributed by atoms with Crippen LogP contribution in [0, 0.1) is 12.8 Å². The molecule has 2 saturated heterocycles. The van der Waals surface area contributed by atoms with Gasteiger partial charge in [0, 0.05) is 37.3 Å². The summed E-state index contributed by atoms with van der Waals surface area (Å²) >= 11 is 0. The van der Waals surface area contributed by atoms with E-state index in [1.165, 1.54) is 12.1 Å². The third-order valence-corrected chi connectivity index (χ3v) is 11.8. The Hall–Kier alpha value is -5.31. The lowest BCUT2D eigenvalue weighted by Crippen LogP contribution is -2.44. The molecule has 3 fully saturated rings. The number of aromatic nitrogens is 5. The number of benzene rings is 2. The number of rotatable bonds is 7. The number of anilines is 1. The van der Waals surface area contributed by atoms with Crippen LogP contribution in [0.1, 0.15) is 96.7 Å². The molecule has 15 heteroatoms. The number of aryl methyl sites for hydroxylation is 2. The molecule has 1 aliphatic carbocycles. The van der Waals surface area contributed by atoms with Crippen LogP contribution in [-0.2, 0) is 22.8 Å². The third kappa shape index (κ3) is 7.17. The van der Waals surface area contributed by atoms with E-state index in [-0.39, 0.29) is 29.8 Å². The first-order valence-electron chi connectivity index (χ1n) is 18.9. The molecule has 5 aromatic rings. The average Bonchev–Trinajstić information content (AvgIpc) is 3.69. The molecule has 2 aliphatic heterocycles. The molecule has 0 spiro atoms. The molecule has 3 aliphatic rings. The number of nitrogens with zero attached hydrogens (tertiary/aromatic N) is 6. The van der Waals surface area contributed by atoms with Crippen molar-refractivity contribution in [2.24, 2.45) is 13.0 Å². The van der Waals surface area contributed by atoms with E-state index in [9.17, 15) is 32.3 Å². The number of carbonyl (C=O) groups is 3. The molecule has 2 aromatic carbocycles.